The molecule has 4 heteroatoms. The number of ketones is 1. The highest BCUT2D eigenvalue weighted by Crippen LogP contribution is 2.58. The Kier molecular flexibility index (Phi) is 3.14. The minimum Gasteiger partial charge on any atom is -0.459 e. The maximum absolute atomic E-state index is 12.3. The summed E-state index contributed by atoms with van der Waals surface area (Å²) in [4.78, 5) is 23.6. The molecule has 1 saturated carbocycles. The number of esters is 1. The van der Waals surface area contributed by atoms with Gasteiger partial charge in [-0.15, -0.1) is 0 Å². The van der Waals surface area contributed by atoms with Gasteiger partial charge in [-0.1, -0.05) is 19.4 Å². The lowest BCUT2D eigenvalue weighted by atomic mass is 9.58. The van der Waals surface area contributed by atoms with E-state index in [1.807, 2.05) is 13.8 Å². The van der Waals surface area contributed by atoms with Crippen molar-refractivity contribution in [2.45, 2.75) is 59.4 Å². The normalized spacial score (nSPS) is 40.9. The van der Waals surface area contributed by atoms with Gasteiger partial charge in [0.1, 0.15) is 18.3 Å². The van der Waals surface area contributed by atoms with Crippen LogP contribution in [-0.4, -0.2) is 30.1 Å². The van der Waals surface area contributed by atoms with Crippen LogP contribution in [0.5, 0.6) is 0 Å². The van der Waals surface area contributed by atoms with Crippen LogP contribution >= 0.6 is 0 Å². The van der Waals surface area contributed by atoms with Crippen molar-refractivity contribution in [3.63, 3.8) is 0 Å². The first-order valence-electron chi connectivity index (χ1n) is 7.51. The molecule has 0 aromatic carbocycles. The number of hydrogen-bond acceptors (Lipinski definition) is 4. The van der Waals surface area contributed by atoms with Gasteiger partial charge in [0, 0.05) is 18.3 Å². The molecule has 0 radical (unpaired) electrons. The molecule has 2 aliphatic carbocycles. The van der Waals surface area contributed by atoms with Crippen molar-refractivity contribution in [2.24, 2.45) is 11.3 Å². The number of rotatable bonds is 1. The molecule has 1 heterocycles. The average molecular weight is 290 g/mol. The van der Waals surface area contributed by atoms with Crippen LogP contribution in [0.3, 0.4) is 0 Å². The summed E-state index contributed by atoms with van der Waals surface area (Å²) in [6, 6.07) is 0. The van der Waals surface area contributed by atoms with Gasteiger partial charge in [0.2, 0.25) is 0 Å². The summed E-state index contributed by atoms with van der Waals surface area (Å²) >= 11 is 0. The van der Waals surface area contributed by atoms with Crippen LogP contribution in [0.25, 0.3) is 0 Å². The maximum atomic E-state index is 12.3. The predicted molar refractivity (Wildman–Crippen MR) is 77.6 cm³/mol. The first-order chi connectivity index (χ1) is 9.75. The standard InChI is InChI=1S/C17H22O4/c1-8(2)11-7-17(5)9(3)14(20-10(4)18)16-15(21-16)12(17)6-13(11)19/h6,9,14-16H,7H2,1-5H3. The smallest absolute Gasteiger partial charge is 0.303 e. The zero-order valence-corrected chi connectivity index (χ0v) is 13.2. The Hall–Kier alpha value is -1.42. The van der Waals surface area contributed by atoms with E-state index in [2.05, 4.69) is 13.8 Å². The fraction of sp³-hybridized carbons (Fsp3) is 0.647. The van der Waals surface area contributed by atoms with Crippen molar-refractivity contribution in [2.75, 3.05) is 0 Å². The molecule has 114 valence electrons. The van der Waals surface area contributed by atoms with Crippen LogP contribution < -0.4 is 0 Å². The van der Waals surface area contributed by atoms with Gasteiger partial charge in [-0.3, -0.25) is 9.59 Å². The van der Waals surface area contributed by atoms with E-state index in [1.54, 1.807) is 6.08 Å². The van der Waals surface area contributed by atoms with Gasteiger partial charge in [0.15, 0.2) is 5.78 Å². The molecule has 21 heavy (non-hydrogen) atoms. The lowest BCUT2D eigenvalue weighted by molar-refractivity contribution is -0.153. The molecule has 3 aliphatic rings. The lowest BCUT2D eigenvalue weighted by Crippen LogP contribution is -2.48. The van der Waals surface area contributed by atoms with Crippen molar-refractivity contribution in [1.29, 1.82) is 0 Å². The minimum absolute atomic E-state index is 0.0572. The number of hydrogen-bond donors (Lipinski definition) is 0. The Morgan fingerprint density at radius 3 is 2.62 bits per heavy atom. The summed E-state index contributed by atoms with van der Waals surface area (Å²) in [5, 5.41) is 0. The van der Waals surface area contributed by atoms with Gasteiger partial charge in [-0.2, -0.15) is 0 Å². The van der Waals surface area contributed by atoms with Gasteiger partial charge >= 0.3 is 5.97 Å². The number of fused-ring (bicyclic) bond motifs is 3. The Bertz CT molecular complexity index is 582. The van der Waals surface area contributed by atoms with Crippen LogP contribution in [0, 0.1) is 11.3 Å². The van der Waals surface area contributed by atoms with Crippen molar-refractivity contribution in [3.05, 3.63) is 22.8 Å². The third-order valence-corrected chi connectivity index (χ3v) is 5.35. The van der Waals surface area contributed by atoms with Crippen molar-refractivity contribution in [3.8, 4) is 0 Å². The molecular weight excluding hydrogens is 268 g/mol. The highest BCUT2D eigenvalue weighted by molar-refractivity contribution is 6.06. The predicted octanol–water partition coefficient (Wildman–Crippen LogP) is 2.58. The molecule has 3 rings (SSSR count). The van der Waals surface area contributed by atoms with E-state index in [9.17, 15) is 9.59 Å². The van der Waals surface area contributed by atoms with E-state index < -0.39 is 0 Å². The molecule has 5 unspecified atom stereocenters. The van der Waals surface area contributed by atoms with E-state index in [1.165, 1.54) is 6.92 Å². The summed E-state index contributed by atoms with van der Waals surface area (Å²) in [5.41, 5.74) is 2.84. The molecule has 0 bridgehead atoms. The van der Waals surface area contributed by atoms with Crippen LogP contribution in [0.15, 0.2) is 22.8 Å². The molecular formula is C17H22O4. The van der Waals surface area contributed by atoms with Crippen molar-refractivity contribution < 1.29 is 19.1 Å². The van der Waals surface area contributed by atoms with Crippen LogP contribution in [0.4, 0.5) is 0 Å². The van der Waals surface area contributed by atoms with Crippen LogP contribution in [0.2, 0.25) is 0 Å². The molecule has 0 N–H and O–H groups in total. The van der Waals surface area contributed by atoms with Crippen molar-refractivity contribution >= 4 is 11.8 Å². The quantitative estimate of drug-likeness (QED) is 0.423. The monoisotopic (exact) mass is 290 g/mol. The first-order valence-corrected chi connectivity index (χ1v) is 7.51. The lowest BCUT2D eigenvalue weighted by Gasteiger charge is -2.46. The number of epoxide rings is 1. The van der Waals surface area contributed by atoms with Crippen LogP contribution in [-0.2, 0) is 19.1 Å². The molecule has 0 aromatic heterocycles. The number of carbonyl (C=O) groups is 2. The zero-order chi connectivity index (χ0) is 15.5. The van der Waals surface area contributed by atoms with Crippen LogP contribution in [0.1, 0.15) is 41.0 Å². The minimum atomic E-state index is -0.272. The van der Waals surface area contributed by atoms with Gasteiger partial charge in [0.05, 0.1) is 0 Å². The molecule has 1 aliphatic heterocycles. The Morgan fingerprint density at radius 1 is 1.38 bits per heavy atom. The third kappa shape index (κ3) is 2.08. The molecule has 1 saturated heterocycles. The second kappa shape index (κ2) is 4.54. The summed E-state index contributed by atoms with van der Waals surface area (Å²) in [6.07, 6.45) is 2.10. The molecule has 0 spiro atoms. The number of allylic oxidation sites excluding steroid dienone is 3. The molecule has 0 aromatic rings. The average Bonchev–Trinajstić information content (AvgIpc) is 3.16. The zero-order valence-electron chi connectivity index (χ0n) is 13.2. The SMILES string of the molecule is CC(=O)OC1C2OC2C2=CC(=O)C(=C(C)C)CC2(C)C1C. The first kappa shape index (κ1) is 14.5. The Balaban J connectivity index is 2.02. The molecule has 2 fully saturated rings. The van der Waals surface area contributed by atoms with E-state index in [4.69, 9.17) is 9.47 Å². The summed E-state index contributed by atoms with van der Waals surface area (Å²) < 4.78 is 11.2. The third-order valence-electron chi connectivity index (χ3n) is 5.35. The number of carbonyl (C=O) groups excluding carboxylic acids is 2. The fourth-order valence-electron chi connectivity index (χ4n) is 3.84. The molecule has 5 atom stereocenters. The van der Waals surface area contributed by atoms with Gasteiger partial charge < -0.3 is 9.47 Å². The number of ether oxygens (including phenoxy) is 2. The van der Waals surface area contributed by atoms with E-state index in [-0.39, 0.29) is 41.4 Å². The maximum Gasteiger partial charge on any atom is 0.303 e. The van der Waals surface area contributed by atoms with Crippen molar-refractivity contribution in [1.82, 2.24) is 0 Å². The highest BCUT2D eigenvalue weighted by atomic mass is 16.6. The van der Waals surface area contributed by atoms with Gasteiger partial charge in [0.25, 0.3) is 0 Å². The summed E-state index contributed by atoms with van der Waals surface area (Å²) in [6.45, 7) is 9.64. The topological polar surface area (TPSA) is 55.9 Å². The van der Waals surface area contributed by atoms with E-state index in [0.29, 0.717) is 6.42 Å². The summed E-state index contributed by atoms with van der Waals surface area (Å²) in [5.74, 6) is -0.0415. The van der Waals surface area contributed by atoms with E-state index >= 15 is 0 Å². The summed E-state index contributed by atoms with van der Waals surface area (Å²) in [7, 11) is 0. The molecule has 4 nitrogen and oxygen atoms in total. The highest BCUT2D eigenvalue weighted by Gasteiger charge is 2.63. The second-order valence-corrected chi connectivity index (χ2v) is 6.92. The van der Waals surface area contributed by atoms with Gasteiger partial charge in [-0.05, 0) is 37.5 Å². The molecule has 0 amide bonds. The Morgan fingerprint density at radius 2 is 2.05 bits per heavy atom. The Labute approximate surface area is 125 Å². The van der Waals surface area contributed by atoms with E-state index in [0.717, 1.165) is 16.7 Å². The second-order valence-electron chi connectivity index (χ2n) is 6.92. The van der Waals surface area contributed by atoms with Gasteiger partial charge in [-0.25, -0.2) is 0 Å². The largest absolute Gasteiger partial charge is 0.459 e. The fourth-order valence-corrected chi connectivity index (χ4v) is 3.84.